The number of hydrogen-bond acceptors (Lipinski definition) is 2. The van der Waals surface area contributed by atoms with E-state index in [0.717, 1.165) is 38.6 Å². The molecule has 1 aliphatic heterocycles. The van der Waals surface area contributed by atoms with E-state index in [-0.39, 0.29) is 0 Å². The van der Waals surface area contributed by atoms with Gasteiger partial charge in [0.2, 0.25) is 0 Å². The van der Waals surface area contributed by atoms with E-state index < -0.39 is 0 Å². The number of hydrogen-bond donors (Lipinski definition) is 1. The standard InChI is InChI=1S/C19H32N4/c1-19(2)12-15-23(16-19)18(20-3)21-13-8-9-14-22(4)17-10-6-5-7-11-17/h5-7,10-11H,8-9,12-16H2,1-4H3,(H,20,21). The van der Waals surface area contributed by atoms with Gasteiger partial charge in [0.05, 0.1) is 0 Å². The SMILES string of the molecule is CN=C(NCCCCN(C)c1ccccc1)N1CCC(C)(C)C1. The van der Waals surface area contributed by atoms with Crippen molar-refractivity contribution in [3.05, 3.63) is 30.3 Å². The molecule has 1 saturated heterocycles. The maximum Gasteiger partial charge on any atom is 0.193 e. The molecule has 0 unspecified atom stereocenters. The van der Waals surface area contributed by atoms with Gasteiger partial charge in [-0.05, 0) is 36.8 Å². The van der Waals surface area contributed by atoms with Gasteiger partial charge in [0.25, 0.3) is 0 Å². The van der Waals surface area contributed by atoms with Crippen LogP contribution in [0.4, 0.5) is 5.69 Å². The normalized spacial score (nSPS) is 17.4. The maximum atomic E-state index is 4.44. The van der Waals surface area contributed by atoms with Crippen molar-refractivity contribution in [2.75, 3.05) is 45.2 Å². The number of likely N-dealkylation sites (tertiary alicyclic amines) is 1. The molecule has 1 aliphatic rings. The molecule has 0 amide bonds. The number of guanidine groups is 1. The maximum absolute atomic E-state index is 4.44. The lowest BCUT2D eigenvalue weighted by Crippen LogP contribution is -2.41. The number of nitrogens with one attached hydrogen (secondary N) is 1. The van der Waals surface area contributed by atoms with Crippen LogP contribution in [0.3, 0.4) is 0 Å². The molecule has 0 atom stereocenters. The molecule has 2 rings (SSSR count). The van der Waals surface area contributed by atoms with Crippen molar-refractivity contribution in [2.24, 2.45) is 10.4 Å². The molecule has 128 valence electrons. The monoisotopic (exact) mass is 316 g/mol. The Bertz CT molecular complexity index is 495. The highest BCUT2D eigenvalue weighted by molar-refractivity contribution is 5.80. The van der Waals surface area contributed by atoms with Crippen molar-refractivity contribution < 1.29 is 0 Å². The average Bonchev–Trinajstić information content (AvgIpc) is 2.91. The van der Waals surface area contributed by atoms with Gasteiger partial charge in [-0.3, -0.25) is 4.99 Å². The van der Waals surface area contributed by atoms with Gasteiger partial charge in [0, 0.05) is 46.0 Å². The van der Waals surface area contributed by atoms with Crippen molar-refractivity contribution in [1.82, 2.24) is 10.2 Å². The molecule has 0 bridgehead atoms. The van der Waals surface area contributed by atoms with Gasteiger partial charge in [0.1, 0.15) is 0 Å². The topological polar surface area (TPSA) is 30.9 Å². The van der Waals surface area contributed by atoms with Crippen LogP contribution < -0.4 is 10.2 Å². The van der Waals surface area contributed by atoms with E-state index in [1.54, 1.807) is 0 Å². The first-order valence-corrected chi connectivity index (χ1v) is 8.74. The summed E-state index contributed by atoms with van der Waals surface area (Å²) in [5.41, 5.74) is 1.70. The van der Waals surface area contributed by atoms with Gasteiger partial charge < -0.3 is 15.1 Å². The number of nitrogens with zero attached hydrogens (tertiary/aromatic N) is 3. The van der Waals surface area contributed by atoms with E-state index >= 15 is 0 Å². The summed E-state index contributed by atoms with van der Waals surface area (Å²) in [5, 5.41) is 3.52. The van der Waals surface area contributed by atoms with E-state index in [1.807, 2.05) is 7.05 Å². The number of anilines is 1. The third-order valence-corrected chi connectivity index (χ3v) is 4.59. The first-order valence-electron chi connectivity index (χ1n) is 8.74. The molecule has 0 radical (unpaired) electrons. The third-order valence-electron chi connectivity index (χ3n) is 4.59. The Morgan fingerprint density at radius 2 is 2.00 bits per heavy atom. The predicted octanol–water partition coefficient (Wildman–Crippen LogP) is 3.21. The van der Waals surface area contributed by atoms with Crippen LogP contribution in [0.5, 0.6) is 0 Å². The summed E-state index contributed by atoms with van der Waals surface area (Å²) in [6.07, 6.45) is 3.59. The fourth-order valence-electron chi connectivity index (χ4n) is 3.11. The molecule has 1 aromatic rings. The van der Waals surface area contributed by atoms with E-state index in [1.165, 1.54) is 18.5 Å². The van der Waals surface area contributed by atoms with Crippen LogP contribution in [0.2, 0.25) is 0 Å². The van der Waals surface area contributed by atoms with Crippen LogP contribution in [0.25, 0.3) is 0 Å². The molecule has 23 heavy (non-hydrogen) atoms. The number of rotatable bonds is 6. The van der Waals surface area contributed by atoms with Gasteiger partial charge in [-0.25, -0.2) is 0 Å². The van der Waals surface area contributed by atoms with Crippen LogP contribution in [0.1, 0.15) is 33.1 Å². The highest BCUT2D eigenvalue weighted by Crippen LogP contribution is 2.28. The number of aliphatic imine (C=N–C) groups is 1. The summed E-state index contributed by atoms with van der Waals surface area (Å²) in [6.45, 7) is 8.96. The Kier molecular flexibility index (Phi) is 6.31. The smallest absolute Gasteiger partial charge is 0.193 e. The van der Waals surface area contributed by atoms with Gasteiger partial charge in [-0.2, -0.15) is 0 Å². The molecule has 0 spiro atoms. The first kappa shape index (κ1) is 17.6. The fraction of sp³-hybridized carbons (Fsp3) is 0.632. The number of benzene rings is 1. The Balaban J connectivity index is 1.65. The minimum absolute atomic E-state index is 0.413. The zero-order chi connectivity index (χ0) is 16.7. The highest BCUT2D eigenvalue weighted by Gasteiger charge is 2.30. The Hall–Kier alpha value is -1.71. The van der Waals surface area contributed by atoms with Crippen molar-refractivity contribution in [3.8, 4) is 0 Å². The minimum Gasteiger partial charge on any atom is -0.375 e. The summed E-state index contributed by atoms with van der Waals surface area (Å²) < 4.78 is 0. The predicted molar refractivity (Wildman–Crippen MR) is 100 cm³/mol. The first-order chi connectivity index (χ1) is 11.0. The third kappa shape index (κ3) is 5.45. The van der Waals surface area contributed by atoms with Crippen LogP contribution in [-0.4, -0.2) is 51.1 Å². The van der Waals surface area contributed by atoms with Crippen molar-refractivity contribution in [2.45, 2.75) is 33.1 Å². The highest BCUT2D eigenvalue weighted by atomic mass is 15.3. The molecular weight excluding hydrogens is 284 g/mol. The van der Waals surface area contributed by atoms with Crippen molar-refractivity contribution in [3.63, 3.8) is 0 Å². The lowest BCUT2D eigenvalue weighted by Gasteiger charge is -2.24. The molecule has 1 heterocycles. The Labute approximate surface area is 141 Å². The molecule has 1 N–H and O–H groups in total. The van der Waals surface area contributed by atoms with Crippen molar-refractivity contribution in [1.29, 1.82) is 0 Å². The summed E-state index contributed by atoms with van der Waals surface area (Å²) in [5.74, 6) is 1.06. The van der Waals surface area contributed by atoms with Gasteiger partial charge in [-0.1, -0.05) is 32.0 Å². The van der Waals surface area contributed by atoms with E-state index in [0.29, 0.717) is 5.41 Å². The Morgan fingerprint density at radius 1 is 1.26 bits per heavy atom. The Morgan fingerprint density at radius 3 is 2.61 bits per heavy atom. The number of unbranched alkanes of at least 4 members (excludes halogenated alkanes) is 1. The van der Waals surface area contributed by atoms with Crippen LogP contribution in [0.15, 0.2) is 35.3 Å². The molecule has 4 heteroatoms. The lowest BCUT2D eigenvalue weighted by molar-refractivity contribution is 0.370. The van der Waals surface area contributed by atoms with Gasteiger partial charge in [0.15, 0.2) is 5.96 Å². The van der Waals surface area contributed by atoms with Crippen LogP contribution in [0, 0.1) is 5.41 Å². The van der Waals surface area contributed by atoms with E-state index in [2.05, 4.69) is 71.3 Å². The molecule has 0 saturated carbocycles. The van der Waals surface area contributed by atoms with Gasteiger partial charge >= 0.3 is 0 Å². The molecule has 4 nitrogen and oxygen atoms in total. The zero-order valence-corrected chi connectivity index (χ0v) is 15.2. The molecule has 1 aromatic carbocycles. The molecule has 1 fully saturated rings. The summed E-state index contributed by atoms with van der Waals surface area (Å²) in [4.78, 5) is 9.14. The minimum atomic E-state index is 0.413. The second kappa shape index (κ2) is 8.23. The average molecular weight is 316 g/mol. The molecule has 0 aromatic heterocycles. The summed E-state index contributed by atoms with van der Waals surface area (Å²) in [6, 6.07) is 10.6. The lowest BCUT2D eigenvalue weighted by atomic mass is 9.93. The fourth-order valence-corrected chi connectivity index (χ4v) is 3.11. The second-order valence-corrected chi connectivity index (χ2v) is 7.27. The van der Waals surface area contributed by atoms with Crippen molar-refractivity contribution >= 4 is 11.6 Å². The quantitative estimate of drug-likeness (QED) is 0.497. The zero-order valence-electron chi connectivity index (χ0n) is 15.2. The van der Waals surface area contributed by atoms with Crippen LogP contribution in [-0.2, 0) is 0 Å². The summed E-state index contributed by atoms with van der Waals surface area (Å²) >= 11 is 0. The largest absolute Gasteiger partial charge is 0.375 e. The van der Waals surface area contributed by atoms with E-state index in [9.17, 15) is 0 Å². The van der Waals surface area contributed by atoms with Crippen LogP contribution >= 0.6 is 0 Å². The van der Waals surface area contributed by atoms with Gasteiger partial charge in [-0.15, -0.1) is 0 Å². The molecular formula is C19H32N4. The number of para-hydroxylation sites is 1. The molecule has 0 aliphatic carbocycles. The van der Waals surface area contributed by atoms with E-state index in [4.69, 9.17) is 0 Å². The summed E-state index contributed by atoms with van der Waals surface area (Å²) in [7, 11) is 4.05. The second-order valence-electron chi connectivity index (χ2n) is 7.27.